The molecule has 1 N–H and O–H groups in total. The fourth-order valence-corrected chi connectivity index (χ4v) is 0.857. The lowest BCUT2D eigenvalue weighted by Gasteiger charge is -2.05. The van der Waals surface area contributed by atoms with Gasteiger partial charge in [-0.3, -0.25) is 0 Å². The summed E-state index contributed by atoms with van der Waals surface area (Å²) >= 11 is 6.36. The standard InChI is InChI=1S/C8H13Br2NO2/c1-2-3-4-13-8(12)11-6-7(10)5-9/h5H,2-4,6H2,1H3,(H,11,12). The van der Waals surface area contributed by atoms with Crippen LogP contribution in [-0.2, 0) is 4.74 Å². The van der Waals surface area contributed by atoms with E-state index in [4.69, 9.17) is 4.74 Å². The van der Waals surface area contributed by atoms with Crippen LogP contribution in [0.5, 0.6) is 0 Å². The molecule has 0 bridgehead atoms. The lowest BCUT2D eigenvalue weighted by Crippen LogP contribution is -2.25. The SMILES string of the molecule is CCCCOC(=O)NCC(Br)=CBr. The average molecular weight is 315 g/mol. The Bertz CT molecular complexity index is 183. The highest BCUT2D eigenvalue weighted by atomic mass is 79.9. The fourth-order valence-electron chi connectivity index (χ4n) is 0.555. The molecule has 76 valence electrons. The zero-order chi connectivity index (χ0) is 10.1. The summed E-state index contributed by atoms with van der Waals surface area (Å²) < 4.78 is 5.72. The summed E-state index contributed by atoms with van der Waals surface area (Å²) in [6.07, 6.45) is 1.56. The van der Waals surface area contributed by atoms with Gasteiger partial charge in [-0.1, -0.05) is 45.2 Å². The van der Waals surface area contributed by atoms with Gasteiger partial charge >= 0.3 is 6.09 Å². The van der Waals surface area contributed by atoms with Gasteiger partial charge < -0.3 is 10.1 Å². The number of halogens is 2. The van der Waals surface area contributed by atoms with Crippen molar-refractivity contribution in [1.82, 2.24) is 5.32 Å². The van der Waals surface area contributed by atoms with Crippen molar-refractivity contribution in [2.24, 2.45) is 0 Å². The van der Waals surface area contributed by atoms with Gasteiger partial charge in [0.25, 0.3) is 0 Å². The highest BCUT2D eigenvalue weighted by Gasteiger charge is 2.00. The van der Waals surface area contributed by atoms with Crippen molar-refractivity contribution in [2.45, 2.75) is 19.8 Å². The molecule has 0 saturated heterocycles. The van der Waals surface area contributed by atoms with Gasteiger partial charge in [-0.25, -0.2) is 4.79 Å². The molecule has 0 heterocycles. The molecule has 0 aromatic heterocycles. The maximum Gasteiger partial charge on any atom is 0.407 e. The molecule has 0 unspecified atom stereocenters. The maximum atomic E-state index is 10.9. The Hall–Kier alpha value is -0.0300. The number of unbranched alkanes of at least 4 members (excludes halogenated alkanes) is 1. The summed E-state index contributed by atoms with van der Waals surface area (Å²) in [5.74, 6) is 0. The van der Waals surface area contributed by atoms with Crippen LogP contribution >= 0.6 is 31.9 Å². The Morgan fingerprint density at radius 3 is 2.85 bits per heavy atom. The van der Waals surface area contributed by atoms with E-state index in [2.05, 4.69) is 37.2 Å². The quantitative estimate of drug-likeness (QED) is 0.792. The summed E-state index contributed by atoms with van der Waals surface area (Å²) in [6.45, 7) is 2.97. The first-order chi connectivity index (χ1) is 6.20. The zero-order valence-corrected chi connectivity index (χ0v) is 10.7. The number of carbonyl (C=O) groups is 1. The van der Waals surface area contributed by atoms with Crippen molar-refractivity contribution in [1.29, 1.82) is 0 Å². The third kappa shape index (κ3) is 8.30. The molecule has 13 heavy (non-hydrogen) atoms. The number of hydrogen-bond donors (Lipinski definition) is 1. The van der Waals surface area contributed by atoms with Crippen LogP contribution in [0.25, 0.3) is 0 Å². The van der Waals surface area contributed by atoms with Crippen LogP contribution in [-0.4, -0.2) is 19.2 Å². The van der Waals surface area contributed by atoms with Crippen LogP contribution in [0.3, 0.4) is 0 Å². The third-order valence-corrected chi connectivity index (χ3v) is 2.93. The average Bonchev–Trinajstić information content (AvgIpc) is 2.14. The van der Waals surface area contributed by atoms with Gasteiger partial charge in [0, 0.05) is 4.48 Å². The Morgan fingerprint density at radius 1 is 1.62 bits per heavy atom. The van der Waals surface area contributed by atoms with Gasteiger partial charge in [-0.2, -0.15) is 0 Å². The summed E-state index contributed by atoms with van der Waals surface area (Å²) in [6, 6.07) is 0. The van der Waals surface area contributed by atoms with Crippen molar-refractivity contribution in [3.8, 4) is 0 Å². The van der Waals surface area contributed by atoms with Gasteiger partial charge in [0.2, 0.25) is 0 Å². The van der Waals surface area contributed by atoms with Gasteiger partial charge in [0.05, 0.1) is 13.2 Å². The Balaban J connectivity index is 3.41. The topological polar surface area (TPSA) is 38.3 Å². The predicted molar refractivity (Wildman–Crippen MR) is 60.2 cm³/mol. The van der Waals surface area contributed by atoms with E-state index in [0.717, 1.165) is 17.3 Å². The normalized spacial score (nSPS) is 11.2. The van der Waals surface area contributed by atoms with Crippen LogP contribution in [0.4, 0.5) is 4.79 Å². The first-order valence-corrected chi connectivity index (χ1v) is 5.77. The molecule has 3 nitrogen and oxygen atoms in total. The van der Waals surface area contributed by atoms with Crippen molar-refractivity contribution >= 4 is 38.0 Å². The minimum Gasteiger partial charge on any atom is -0.450 e. The molecule has 0 fully saturated rings. The smallest absolute Gasteiger partial charge is 0.407 e. The van der Waals surface area contributed by atoms with Gasteiger partial charge in [0.15, 0.2) is 0 Å². The first kappa shape index (κ1) is 13.0. The van der Waals surface area contributed by atoms with E-state index >= 15 is 0 Å². The highest BCUT2D eigenvalue weighted by molar-refractivity contribution is 9.14. The molecule has 0 rings (SSSR count). The van der Waals surface area contributed by atoms with E-state index in [1.54, 1.807) is 4.99 Å². The van der Waals surface area contributed by atoms with E-state index in [1.807, 2.05) is 6.92 Å². The lowest BCUT2D eigenvalue weighted by atomic mass is 10.4. The van der Waals surface area contributed by atoms with Gasteiger partial charge in [-0.15, -0.1) is 0 Å². The van der Waals surface area contributed by atoms with E-state index in [9.17, 15) is 4.79 Å². The second-order valence-electron chi connectivity index (χ2n) is 2.40. The van der Waals surface area contributed by atoms with Crippen LogP contribution < -0.4 is 5.32 Å². The molecule has 0 atom stereocenters. The number of amides is 1. The van der Waals surface area contributed by atoms with E-state index in [-0.39, 0.29) is 6.09 Å². The van der Waals surface area contributed by atoms with Crippen molar-refractivity contribution in [3.05, 3.63) is 9.47 Å². The molecule has 0 aliphatic heterocycles. The third-order valence-electron chi connectivity index (χ3n) is 1.25. The van der Waals surface area contributed by atoms with Crippen LogP contribution in [0.2, 0.25) is 0 Å². The first-order valence-electron chi connectivity index (χ1n) is 4.06. The summed E-state index contributed by atoms with van der Waals surface area (Å²) in [5.41, 5.74) is 0. The molecular weight excluding hydrogens is 302 g/mol. The van der Waals surface area contributed by atoms with Crippen LogP contribution in [0, 0.1) is 0 Å². The number of carbonyl (C=O) groups excluding carboxylic acids is 1. The molecule has 0 aliphatic rings. The number of nitrogens with one attached hydrogen (secondary N) is 1. The minimum atomic E-state index is -0.375. The molecular formula is C8H13Br2NO2. The summed E-state index contributed by atoms with van der Waals surface area (Å²) in [5, 5.41) is 2.59. The Labute approximate surface area is 95.2 Å². The van der Waals surface area contributed by atoms with Crippen LogP contribution in [0.15, 0.2) is 9.47 Å². The van der Waals surface area contributed by atoms with Gasteiger partial charge in [-0.05, 0) is 11.4 Å². The second-order valence-corrected chi connectivity index (χ2v) is 3.88. The Morgan fingerprint density at radius 2 is 2.31 bits per heavy atom. The molecule has 1 amide bonds. The molecule has 0 spiro atoms. The zero-order valence-electron chi connectivity index (χ0n) is 7.48. The van der Waals surface area contributed by atoms with E-state index in [1.165, 1.54) is 0 Å². The Kier molecular flexibility index (Phi) is 8.54. The summed E-state index contributed by atoms with van der Waals surface area (Å²) in [4.78, 5) is 12.6. The number of rotatable bonds is 5. The van der Waals surface area contributed by atoms with E-state index in [0.29, 0.717) is 13.2 Å². The highest BCUT2D eigenvalue weighted by Crippen LogP contribution is 2.05. The van der Waals surface area contributed by atoms with Crippen molar-refractivity contribution in [3.63, 3.8) is 0 Å². The van der Waals surface area contributed by atoms with Crippen LogP contribution in [0.1, 0.15) is 19.8 Å². The molecule has 5 heteroatoms. The molecule has 0 radical (unpaired) electrons. The maximum absolute atomic E-state index is 10.9. The largest absolute Gasteiger partial charge is 0.450 e. The minimum absolute atomic E-state index is 0.375. The lowest BCUT2D eigenvalue weighted by molar-refractivity contribution is 0.145. The fraction of sp³-hybridized carbons (Fsp3) is 0.625. The second kappa shape index (κ2) is 8.56. The molecule has 0 saturated carbocycles. The number of alkyl carbamates (subject to hydrolysis) is 1. The predicted octanol–water partition coefficient (Wildman–Crippen LogP) is 3.14. The summed E-state index contributed by atoms with van der Waals surface area (Å²) in [7, 11) is 0. The number of ether oxygens (including phenoxy) is 1. The van der Waals surface area contributed by atoms with Crippen molar-refractivity contribution in [2.75, 3.05) is 13.2 Å². The molecule has 0 aromatic carbocycles. The van der Waals surface area contributed by atoms with Gasteiger partial charge in [0.1, 0.15) is 0 Å². The monoisotopic (exact) mass is 313 g/mol. The number of hydrogen-bond acceptors (Lipinski definition) is 2. The molecule has 0 aliphatic carbocycles. The van der Waals surface area contributed by atoms with Crippen molar-refractivity contribution < 1.29 is 9.53 Å². The van der Waals surface area contributed by atoms with E-state index < -0.39 is 0 Å². The molecule has 0 aromatic rings.